The second-order valence-electron chi connectivity index (χ2n) is 5.69. The summed E-state index contributed by atoms with van der Waals surface area (Å²) in [6.45, 7) is 4.69. The predicted molar refractivity (Wildman–Crippen MR) is 89.1 cm³/mol. The summed E-state index contributed by atoms with van der Waals surface area (Å²) >= 11 is 0. The molecule has 4 heteroatoms. The van der Waals surface area contributed by atoms with Gasteiger partial charge in [-0.05, 0) is 35.2 Å². The van der Waals surface area contributed by atoms with E-state index in [9.17, 15) is 9.90 Å². The second-order valence-corrected chi connectivity index (χ2v) is 5.69. The Morgan fingerprint density at radius 3 is 2.41 bits per heavy atom. The number of amides is 2. The smallest absolute Gasteiger partial charge is 0.321 e. The van der Waals surface area contributed by atoms with Crippen LogP contribution >= 0.6 is 0 Å². The van der Waals surface area contributed by atoms with Crippen LogP contribution in [-0.4, -0.2) is 23.1 Å². The fourth-order valence-electron chi connectivity index (χ4n) is 2.27. The SMILES string of the molecule is CC(C)c1ccccc1NC(=O)N(C)Cc1ccc(O)cc1. The fourth-order valence-corrected chi connectivity index (χ4v) is 2.27. The van der Waals surface area contributed by atoms with Crippen LogP contribution < -0.4 is 5.32 Å². The number of carbonyl (C=O) groups excluding carboxylic acids is 1. The maximum absolute atomic E-state index is 12.3. The average molecular weight is 298 g/mol. The topological polar surface area (TPSA) is 52.6 Å². The number of para-hydroxylation sites is 1. The van der Waals surface area contributed by atoms with Crippen LogP contribution in [0.2, 0.25) is 0 Å². The van der Waals surface area contributed by atoms with Crippen LogP contribution in [0.5, 0.6) is 5.75 Å². The summed E-state index contributed by atoms with van der Waals surface area (Å²) in [5.41, 5.74) is 2.93. The Bertz CT molecular complexity index is 636. The highest BCUT2D eigenvalue weighted by atomic mass is 16.3. The molecule has 0 radical (unpaired) electrons. The van der Waals surface area contributed by atoms with Crippen molar-refractivity contribution < 1.29 is 9.90 Å². The van der Waals surface area contributed by atoms with E-state index in [0.29, 0.717) is 12.5 Å². The van der Waals surface area contributed by atoms with E-state index in [1.165, 1.54) is 0 Å². The summed E-state index contributed by atoms with van der Waals surface area (Å²) in [5, 5.41) is 12.2. The molecule has 0 saturated carbocycles. The van der Waals surface area contributed by atoms with Crippen LogP contribution in [0.25, 0.3) is 0 Å². The number of nitrogens with zero attached hydrogens (tertiary/aromatic N) is 1. The van der Waals surface area contributed by atoms with Gasteiger partial charge in [-0.2, -0.15) is 0 Å². The molecule has 0 heterocycles. The lowest BCUT2D eigenvalue weighted by Gasteiger charge is -2.20. The molecule has 2 amide bonds. The van der Waals surface area contributed by atoms with E-state index in [1.807, 2.05) is 24.3 Å². The van der Waals surface area contributed by atoms with Crippen molar-refractivity contribution in [2.45, 2.75) is 26.3 Å². The molecule has 0 fully saturated rings. The van der Waals surface area contributed by atoms with Crippen molar-refractivity contribution in [2.75, 3.05) is 12.4 Å². The minimum atomic E-state index is -0.152. The Morgan fingerprint density at radius 2 is 1.77 bits per heavy atom. The first-order valence-corrected chi connectivity index (χ1v) is 7.36. The first-order chi connectivity index (χ1) is 10.5. The van der Waals surface area contributed by atoms with E-state index in [2.05, 4.69) is 19.2 Å². The van der Waals surface area contributed by atoms with Crippen LogP contribution in [0.15, 0.2) is 48.5 Å². The van der Waals surface area contributed by atoms with Gasteiger partial charge in [0.05, 0.1) is 0 Å². The molecule has 22 heavy (non-hydrogen) atoms. The van der Waals surface area contributed by atoms with Gasteiger partial charge in [-0.1, -0.05) is 44.2 Å². The molecule has 2 rings (SSSR count). The van der Waals surface area contributed by atoms with Crippen molar-refractivity contribution in [3.8, 4) is 5.75 Å². The summed E-state index contributed by atoms with van der Waals surface area (Å²) < 4.78 is 0. The maximum atomic E-state index is 12.3. The molecule has 0 aliphatic rings. The van der Waals surface area contributed by atoms with Crippen LogP contribution in [0.3, 0.4) is 0 Å². The fraction of sp³-hybridized carbons (Fsp3) is 0.278. The number of rotatable bonds is 4. The van der Waals surface area contributed by atoms with Gasteiger partial charge >= 0.3 is 6.03 Å². The predicted octanol–water partition coefficient (Wildman–Crippen LogP) is 4.18. The van der Waals surface area contributed by atoms with Gasteiger partial charge in [0.25, 0.3) is 0 Å². The van der Waals surface area contributed by atoms with E-state index < -0.39 is 0 Å². The molecule has 2 aromatic carbocycles. The van der Waals surface area contributed by atoms with Crippen molar-refractivity contribution in [2.24, 2.45) is 0 Å². The van der Waals surface area contributed by atoms with Crippen LogP contribution in [0, 0.1) is 0 Å². The average Bonchev–Trinajstić information content (AvgIpc) is 2.49. The number of aromatic hydroxyl groups is 1. The molecular formula is C18H22N2O2. The first-order valence-electron chi connectivity index (χ1n) is 7.36. The summed E-state index contributed by atoms with van der Waals surface area (Å²) in [5.74, 6) is 0.570. The number of hydrogen-bond donors (Lipinski definition) is 2. The molecule has 0 atom stereocenters. The minimum absolute atomic E-state index is 0.152. The van der Waals surface area contributed by atoms with Crippen molar-refractivity contribution in [1.29, 1.82) is 0 Å². The Morgan fingerprint density at radius 1 is 1.14 bits per heavy atom. The van der Waals surface area contributed by atoms with Crippen LogP contribution in [-0.2, 0) is 6.54 Å². The minimum Gasteiger partial charge on any atom is -0.508 e. The molecule has 4 nitrogen and oxygen atoms in total. The van der Waals surface area contributed by atoms with Crippen LogP contribution in [0.1, 0.15) is 30.9 Å². The molecule has 116 valence electrons. The zero-order valence-corrected chi connectivity index (χ0v) is 13.2. The molecule has 0 saturated heterocycles. The van der Waals surface area contributed by atoms with Gasteiger partial charge in [-0.25, -0.2) is 4.79 Å². The molecule has 2 N–H and O–H groups in total. The Hall–Kier alpha value is -2.49. The molecule has 0 aromatic heterocycles. The zero-order chi connectivity index (χ0) is 16.1. The number of phenols is 1. The quantitative estimate of drug-likeness (QED) is 0.889. The standard InChI is InChI=1S/C18H22N2O2/c1-13(2)16-6-4-5-7-17(16)19-18(22)20(3)12-14-8-10-15(21)11-9-14/h4-11,13,21H,12H2,1-3H3,(H,19,22). The van der Waals surface area contributed by atoms with E-state index in [0.717, 1.165) is 16.8 Å². The third-order valence-electron chi connectivity index (χ3n) is 3.53. The highest BCUT2D eigenvalue weighted by Crippen LogP contribution is 2.24. The summed E-state index contributed by atoms with van der Waals surface area (Å²) in [7, 11) is 1.75. The number of phenolic OH excluding ortho intramolecular Hbond substituents is 1. The Balaban J connectivity index is 2.04. The lowest BCUT2D eigenvalue weighted by atomic mass is 10.0. The van der Waals surface area contributed by atoms with E-state index >= 15 is 0 Å². The van der Waals surface area contributed by atoms with E-state index in [1.54, 1.807) is 36.2 Å². The molecule has 0 aliphatic carbocycles. The van der Waals surface area contributed by atoms with Crippen molar-refractivity contribution >= 4 is 11.7 Å². The third-order valence-corrected chi connectivity index (χ3v) is 3.53. The van der Waals surface area contributed by atoms with Gasteiger partial charge < -0.3 is 15.3 Å². The lowest BCUT2D eigenvalue weighted by molar-refractivity contribution is 0.220. The van der Waals surface area contributed by atoms with Crippen LogP contribution in [0.4, 0.5) is 10.5 Å². The maximum Gasteiger partial charge on any atom is 0.321 e. The first kappa shape index (κ1) is 15.9. The zero-order valence-electron chi connectivity index (χ0n) is 13.2. The molecule has 0 aliphatic heterocycles. The van der Waals surface area contributed by atoms with Gasteiger partial charge in [0.1, 0.15) is 5.75 Å². The molecule has 0 spiro atoms. The number of hydrogen-bond acceptors (Lipinski definition) is 2. The summed E-state index contributed by atoms with van der Waals surface area (Å²) in [6.07, 6.45) is 0. The highest BCUT2D eigenvalue weighted by molar-refractivity contribution is 5.90. The molecule has 0 unspecified atom stereocenters. The van der Waals surface area contributed by atoms with Crippen molar-refractivity contribution in [3.05, 3.63) is 59.7 Å². The van der Waals surface area contributed by atoms with Crippen molar-refractivity contribution in [1.82, 2.24) is 4.90 Å². The molecule has 2 aromatic rings. The number of benzene rings is 2. The van der Waals surface area contributed by atoms with Crippen molar-refractivity contribution in [3.63, 3.8) is 0 Å². The van der Waals surface area contributed by atoms with E-state index in [4.69, 9.17) is 0 Å². The lowest BCUT2D eigenvalue weighted by Crippen LogP contribution is -2.31. The van der Waals surface area contributed by atoms with Gasteiger partial charge in [0, 0.05) is 19.3 Å². The summed E-state index contributed by atoms with van der Waals surface area (Å²) in [4.78, 5) is 13.9. The van der Waals surface area contributed by atoms with Gasteiger partial charge in [0.2, 0.25) is 0 Å². The highest BCUT2D eigenvalue weighted by Gasteiger charge is 2.12. The third kappa shape index (κ3) is 4.01. The number of nitrogens with one attached hydrogen (secondary N) is 1. The monoisotopic (exact) mass is 298 g/mol. The van der Waals surface area contributed by atoms with Gasteiger partial charge in [-0.15, -0.1) is 0 Å². The molecular weight excluding hydrogens is 276 g/mol. The van der Waals surface area contributed by atoms with E-state index in [-0.39, 0.29) is 11.8 Å². The largest absolute Gasteiger partial charge is 0.508 e. The normalized spacial score (nSPS) is 10.5. The Kier molecular flexibility index (Phi) is 5.04. The van der Waals surface area contributed by atoms with Gasteiger partial charge in [-0.3, -0.25) is 0 Å². The number of urea groups is 1. The Labute approximate surface area is 131 Å². The number of carbonyl (C=O) groups is 1. The number of anilines is 1. The molecule has 0 bridgehead atoms. The van der Waals surface area contributed by atoms with Gasteiger partial charge in [0.15, 0.2) is 0 Å². The second kappa shape index (κ2) is 6.98. The summed E-state index contributed by atoms with van der Waals surface area (Å²) in [6, 6.07) is 14.5.